The van der Waals surface area contributed by atoms with Crippen molar-refractivity contribution in [3.63, 3.8) is 0 Å². The van der Waals surface area contributed by atoms with Gasteiger partial charge in [-0.15, -0.1) is 11.8 Å². The molecule has 1 aliphatic carbocycles. The summed E-state index contributed by atoms with van der Waals surface area (Å²) in [6.45, 7) is 0.624. The molecule has 2 heterocycles. The largest absolute Gasteiger partial charge is 0.477 e. The van der Waals surface area contributed by atoms with E-state index in [1.165, 1.54) is 0 Å². The zero-order valence-corrected chi connectivity index (χ0v) is 8.83. The second-order valence-electron chi connectivity index (χ2n) is 3.88. The summed E-state index contributed by atoms with van der Waals surface area (Å²) < 4.78 is 0.0870. The second-order valence-corrected chi connectivity index (χ2v) is 5.17. The highest BCUT2D eigenvalue weighted by Crippen LogP contribution is 2.53. The molecule has 1 spiro atoms. The Hall–Kier alpha value is -1.23. The highest BCUT2D eigenvalue weighted by atomic mass is 32.2. The summed E-state index contributed by atoms with van der Waals surface area (Å²) in [6, 6.07) is 0. The minimum atomic E-state index is -0.933. The van der Waals surface area contributed by atoms with Crippen LogP contribution < -0.4 is 0 Å². The van der Waals surface area contributed by atoms with Crippen molar-refractivity contribution >= 4 is 23.6 Å². The van der Waals surface area contributed by atoms with Gasteiger partial charge in [0.15, 0.2) is 0 Å². The summed E-state index contributed by atoms with van der Waals surface area (Å²) >= 11 is 1.76. The summed E-state index contributed by atoms with van der Waals surface area (Å²) in [5, 5.41) is 11.0. The Morgan fingerprint density at radius 3 is 3.07 bits per heavy atom. The molecule has 15 heavy (non-hydrogen) atoms. The standard InChI is InChI=1S/C10H10N2O2S/c13-8(14)7-1-4-12-5-6-15-10(2-3-10)9(12)11-7/h1,5-6H,2-4H2,(H,13,14). The first-order valence-corrected chi connectivity index (χ1v) is 5.73. The number of carboxylic acids is 1. The Kier molecular flexibility index (Phi) is 1.74. The molecule has 1 saturated carbocycles. The Bertz CT molecular complexity index is 421. The molecule has 5 heteroatoms. The van der Waals surface area contributed by atoms with E-state index in [4.69, 9.17) is 5.11 Å². The van der Waals surface area contributed by atoms with Gasteiger partial charge in [-0.2, -0.15) is 0 Å². The molecule has 1 N–H and O–H groups in total. The Morgan fingerprint density at radius 1 is 1.60 bits per heavy atom. The van der Waals surface area contributed by atoms with Gasteiger partial charge < -0.3 is 10.0 Å². The van der Waals surface area contributed by atoms with Gasteiger partial charge in [0.05, 0.1) is 4.75 Å². The minimum absolute atomic E-state index is 0.0870. The zero-order chi connectivity index (χ0) is 10.5. The molecule has 0 atom stereocenters. The predicted octanol–water partition coefficient (Wildman–Crippen LogP) is 1.42. The van der Waals surface area contributed by atoms with E-state index in [0.717, 1.165) is 18.7 Å². The van der Waals surface area contributed by atoms with Crippen LogP contribution in [-0.2, 0) is 4.79 Å². The Balaban J connectivity index is 2.01. The quantitative estimate of drug-likeness (QED) is 0.729. The van der Waals surface area contributed by atoms with Crippen molar-refractivity contribution in [2.75, 3.05) is 6.54 Å². The number of amidine groups is 1. The molecule has 78 valence electrons. The molecular weight excluding hydrogens is 212 g/mol. The molecule has 1 fully saturated rings. The van der Waals surface area contributed by atoms with Gasteiger partial charge in [0, 0.05) is 12.7 Å². The number of aliphatic carboxylic acids is 1. The van der Waals surface area contributed by atoms with Gasteiger partial charge in [0.25, 0.3) is 0 Å². The Morgan fingerprint density at radius 2 is 2.40 bits per heavy atom. The summed E-state index contributed by atoms with van der Waals surface area (Å²) in [4.78, 5) is 17.1. The number of rotatable bonds is 1. The molecule has 0 bridgehead atoms. The maximum Gasteiger partial charge on any atom is 0.354 e. The van der Waals surface area contributed by atoms with Gasteiger partial charge in [-0.05, 0) is 24.3 Å². The smallest absolute Gasteiger partial charge is 0.354 e. The summed E-state index contributed by atoms with van der Waals surface area (Å²) in [5.41, 5.74) is 0.184. The van der Waals surface area contributed by atoms with E-state index in [1.54, 1.807) is 17.8 Å². The number of nitrogens with zero attached hydrogens (tertiary/aromatic N) is 2. The molecule has 3 rings (SSSR count). The van der Waals surface area contributed by atoms with Crippen molar-refractivity contribution < 1.29 is 9.90 Å². The van der Waals surface area contributed by atoms with Gasteiger partial charge in [-0.3, -0.25) is 0 Å². The molecule has 0 aromatic heterocycles. The third-order valence-corrected chi connectivity index (χ3v) is 4.14. The van der Waals surface area contributed by atoms with Crippen LogP contribution in [0.4, 0.5) is 0 Å². The van der Waals surface area contributed by atoms with E-state index in [0.29, 0.717) is 6.54 Å². The van der Waals surface area contributed by atoms with Crippen molar-refractivity contribution in [3.8, 4) is 0 Å². The first-order chi connectivity index (χ1) is 7.21. The molecule has 0 aromatic rings. The monoisotopic (exact) mass is 222 g/mol. The van der Waals surface area contributed by atoms with Crippen LogP contribution in [0.1, 0.15) is 12.8 Å². The normalized spacial score (nSPS) is 25.7. The number of aliphatic imine (C=N–C) groups is 1. The maximum absolute atomic E-state index is 10.8. The zero-order valence-electron chi connectivity index (χ0n) is 8.01. The van der Waals surface area contributed by atoms with Crippen molar-refractivity contribution in [1.29, 1.82) is 0 Å². The summed E-state index contributed by atoms with van der Waals surface area (Å²) in [7, 11) is 0. The van der Waals surface area contributed by atoms with E-state index in [2.05, 4.69) is 10.4 Å². The molecule has 0 radical (unpaired) electrons. The lowest BCUT2D eigenvalue weighted by atomic mass is 10.2. The minimum Gasteiger partial charge on any atom is -0.477 e. The SMILES string of the molecule is O=C(O)C1=CCN2C=CSC3(CC3)C2=N1. The van der Waals surface area contributed by atoms with Crippen molar-refractivity contribution in [3.05, 3.63) is 23.4 Å². The first-order valence-electron chi connectivity index (χ1n) is 4.85. The van der Waals surface area contributed by atoms with Crippen LogP contribution in [0.5, 0.6) is 0 Å². The summed E-state index contributed by atoms with van der Waals surface area (Å²) in [6.07, 6.45) is 5.83. The lowest BCUT2D eigenvalue weighted by Crippen LogP contribution is -2.40. The predicted molar refractivity (Wildman–Crippen MR) is 58.6 cm³/mol. The highest BCUT2D eigenvalue weighted by Gasteiger charge is 2.51. The number of fused-ring (bicyclic) bond motifs is 2. The van der Waals surface area contributed by atoms with Crippen LogP contribution in [0.15, 0.2) is 28.4 Å². The van der Waals surface area contributed by atoms with E-state index < -0.39 is 5.97 Å². The average molecular weight is 222 g/mol. The van der Waals surface area contributed by atoms with Gasteiger partial charge in [-0.1, -0.05) is 0 Å². The van der Waals surface area contributed by atoms with Crippen LogP contribution in [0.25, 0.3) is 0 Å². The maximum atomic E-state index is 10.8. The topological polar surface area (TPSA) is 52.9 Å². The number of thioether (sulfide) groups is 1. The average Bonchev–Trinajstić information content (AvgIpc) is 2.99. The van der Waals surface area contributed by atoms with E-state index in [-0.39, 0.29) is 10.4 Å². The molecule has 4 nitrogen and oxygen atoms in total. The van der Waals surface area contributed by atoms with E-state index in [9.17, 15) is 4.79 Å². The van der Waals surface area contributed by atoms with Crippen LogP contribution >= 0.6 is 11.8 Å². The number of hydrogen-bond acceptors (Lipinski definition) is 4. The molecule has 0 unspecified atom stereocenters. The van der Waals surface area contributed by atoms with Gasteiger partial charge in [0.1, 0.15) is 11.5 Å². The van der Waals surface area contributed by atoms with Crippen LogP contribution in [0, 0.1) is 0 Å². The molecular formula is C10H10N2O2S. The fraction of sp³-hybridized carbons (Fsp3) is 0.400. The fourth-order valence-electron chi connectivity index (χ4n) is 1.87. The molecule has 0 aromatic carbocycles. The fourth-order valence-corrected chi connectivity index (χ4v) is 2.94. The van der Waals surface area contributed by atoms with Crippen molar-refractivity contribution in [2.24, 2.45) is 4.99 Å². The third-order valence-electron chi connectivity index (χ3n) is 2.84. The van der Waals surface area contributed by atoms with Crippen molar-refractivity contribution in [1.82, 2.24) is 4.90 Å². The molecule has 3 aliphatic rings. The van der Waals surface area contributed by atoms with Gasteiger partial charge in [-0.25, -0.2) is 9.79 Å². The third kappa shape index (κ3) is 1.30. The van der Waals surface area contributed by atoms with Crippen LogP contribution in [-0.4, -0.2) is 33.1 Å². The van der Waals surface area contributed by atoms with E-state index >= 15 is 0 Å². The van der Waals surface area contributed by atoms with Gasteiger partial charge >= 0.3 is 5.97 Å². The molecule has 0 saturated heterocycles. The van der Waals surface area contributed by atoms with E-state index in [1.807, 2.05) is 11.1 Å². The molecule has 0 amide bonds. The number of carbonyl (C=O) groups is 1. The number of hydrogen-bond donors (Lipinski definition) is 1. The lowest BCUT2D eigenvalue weighted by molar-refractivity contribution is -0.132. The summed E-state index contributed by atoms with van der Waals surface area (Å²) in [5.74, 6) is -0.00703. The van der Waals surface area contributed by atoms with Crippen LogP contribution in [0.2, 0.25) is 0 Å². The Labute approximate surface area is 91.4 Å². The highest BCUT2D eigenvalue weighted by molar-refractivity contribution is 8.04. The lowest BCUT2D eigenvalue weighted by Gasteiger charge is -2.32. The second kappa shape index (κ2) is 2.88. The van der Waals surface area contributed by atoms with Crippen LogP contribution in [0.3, 0.4) is 0 Å². The first kappa shape index (κ1) is 9.03. The van der Waals surface area contributed by atoms with Crippen molar-refractivity contribution in [2.45, 2.75) is 17.6 Å². The number of carboxylic acid groups (broad SMARTS) is 1. The molecule has 2 aliphatic heterocycles. The van der Waals surface area contributed by atoms with Gasteiger partial charge in [0.2, 0.25) is 0 Å².